The fourth-order valence-electron chi connectivity index (χ4n) is 5.04. The highest BCUT2D eigenvalue weighted by Gasteiger charge is 2.47. The fourth-order valence-corrected chi connectivity index (χ4v) is 5.20. The maximum atomic E-state index is 10.6. The summed E-state index contributed by atoms with van der Waals surface area (Å²) in [6, 6.07) is 9.85. The Morgan fingerprint density at radius 2 is 2.00 bits per heavy atom. The Hall–Kier alpha value is -2.21. The molecule has 1 aromatic rings. The van der Waals surface area contributed by atoms with Gasteiger partial charge in [0.25, 0.3) is 0 Å². The lowest BCUT2D eigenvalue weighted by molar-refractivity contribution is -0.137. The van der Waals surface area contributed by atoms with E-state index in [2.05, 4.69) is 34.9 Å². The van der Waals surface area contributed by atoms with Crippen molar-refractivity contribution >= 4 is 34.7 Å². The zero-order valence-electron chi connectivity index (χ0n) is 17.0. The Kier molecular flexibility index (Phi) is 7.81. The third-order valence-electron chi connectivity index (χ3n) is 6.27. The summed E-state index contributed by atoms with van der Waals surface area (Å²) < 4.78 is 0. The minimum atomic E-state index is -0.717. The molecule has 4 atom stereocenters. The summed E-state index contributed by atoms with van der Waals surface area (Å²) in [5.41, 5.74) is 5.10. The van der Waals surface area contributed by atoms with Crippen LogP contribution in [0.1, 0.15) is 51.9 Å². The molecule has 5 nitrogen and oxygen atoms in total. The molecule has 0 saturated heterocycles. The number of allylic oxidation sites excluding steroid dienone is 2. The monoisotopic (exact) mass is 413 g/mol. The summed E-state index contributed by atoms with van der Waals surface area (Å²) in [5.74, 6) is 1.93. The average Bonchev–Trinajstić information content (AvgIpc) is 3.31. The van der Waals surface area contributed by atoms with Gasteiger partial charge in [0, 0.05) is 23.7 Å². The summed E-state index contributed by atoms with van der Waals surface area (Å²) in [4.78, 5) is 10.6. The van der Waals surface area contributed by atoms with E-state index in [9.17, 15) is 4.79 Å². The van der Waals surface area contributed by atoms with Crippen LogP contribution in [0.3, 0.4) is 0 Å². The van der Waals surface area contributed by atoms with Crippen molar-refractivity contribution in [2.45, 2.75) is 51.9 Å². The highest BCUT2D eigenvalue weighted by molar-refractivity contribution is 7.80. The van der Waals surface area contributed by atoms with Crippen LogP contribution >= 0.6 is 12.2 Å². The summed E-state index contributed by atoms with van der Waals surface area (Å²) in [6.45, 7) is 2.12. The van der Waals surface area contributed by atoms with Gasteiger partial charge in [-0.1, -0.05) is 30.4 Å². The van der Waals surface area contributed by atoms with Gasteiger partial charge >= 0.3 is 5.97 Å². The molecular weight excluding hydrogens is 382 g/mol. The number of para-hydroxylation sites is 1. The predicted octanol–water partition coefficient (Wildman–Crippen LogP) is 5.21. The van der Waals surface area contributed by atoms with Crippen LogP contribution in [0, 0.1) is 23.7 Å². The molecule has 0 amide bonds. The first kappa shape index (κ1) is 21.5. The number of carboxylic acids is 1. The molecule has 2 fully saturated rings. The number of carboxylic acid groups (broad SMARTS) is 1. The number of nitrogens with zero attached hydrogens (tertiary/aromatic N) is 1. The third kappa shape index (κ3) is 6.13. The lowest BCUT2D eigenvalue weighted by Gasteiger charge is -2.30. The SMILES string of the molecule is CC(=NNC(=S)Nc1ccccc1)[C@@H]1[C@@H]2CC[C@@H](C2)[C@@H]1CC=CCCCC(=O)O. The van der Waals surface area contributed by atoms with Gasteiger partial charge in [-0.25, -0.2) is 0 Å². The van der Waals surface area contributed by atoms with E-state index in [0.29, 0.717) is 23.4 Å². The summed E-state index contributed by atoms with van der Waals surface area (Å²) in [6.07, 6.45) is 11.2. The Morgan fingerprint density at radius 1 is 1.24 bits per heavy atom. The molecule has 0 spiro atoms. The van der Waals surface area contributed by atoms with E-state index in [1.807, 2.05) is 30.3 Å². The normalized spacial score (nSPS) is 26.0. The van der Waals surface area contributed by atoms with Gasteiger partial charge in [0.1, 0.15) is 0 Å². The van der Waals surface area contributed by atoms with E-state index in [1.165, 1.54) is 19.3 Å². The lowest BCUT2D eigenvalue weighted by atomic mass is 9.75. The number of hydrazone groups is 1. The van der Waals surface area contributed by atoms with E-state index in [0.717, 1.165) is 36.1 Å². The van der Waals surface area contributed by atoms with Crippen LogP contribution in [0.2, 0.25) is 0 Å². The molecule has 29 heavy (non-hydrogen) atoms. The summed E-state index contributed by atoms with van der Waals surface area (Å²) >= 11 is 5.37. The Bertz CT molecular complexity index is 763. The topological polar surface area (TPSA) is 73.7 Å². The molecule has 0 radical (unpaired) electrons. The van der Waals surface area contributed by atoms with Crippen LogP contribution in [0.15, 0.2) is 47.6 Å². The Morgan fingerprint density at radius 3 is 2.76 bits per heavy atom. The number of nitrogens with one attached hydrogen (secondary N) is 2. The first-order valence-electron chi connectivity index (χ1n) is 10.6. The van der Waals surface area contributed by atoms with Gasteiger partial charge in [-0.05, 0) is 87.6 Å². The smallest absolute Gasteiger partial charge is 0.303 e. The van der Waals surface area contributed by atoms with Crippen molar-refractivity contribution in [1.82, 2.24) is 5.43 Å². The number of carbonyl (C=O) groups is 1. The van der Waals surface area contributed by atoms with Gasteiger partial charge in [-0.15, -0.1) is 0 Å². The largest absolute Gasteiger partial charge is 0.481 e. The Labute approximate surface area is 178 Å². The Balaban J connectivity index is 1.52. The number of anilines is 1. The van der Waals surface area contributed by atoms with Crippen molar-refractivity contribution < 1.29 is 9.90 Å². The molecule has 0 heterocycles. The van der Waals surface area contributed by atoms with Crippen molar-refractivity contribution in [3.05, 3.63) is 42.5 Å². The van der Waals surface area contributed by atoms with Gasteiger partial charge in [0.05, 0.1) is 0 Å². The van der Waals surface area contributed by atoms with Crippen LogP contribution in [0.25, 0.3) is 0 Å². The maximum Gasteiger partial charge on any atom is 0.303 e. The first-order valence-corrected chi connectivity index (χ1v) is 11.0. The lowest BCUT2D eigenvalue weighted by Crippen LogP contribution is -2.31. The fraction of sp³-hybridized carbons (Fsp3) is 0.522. The molecule has 6 heteroatoms. The first-order chi connectivity index (χ1) is 14.0. The maximum absolute atomic E-state index is 10.6. The number of rotatable bonds is 9. The molecule has 0 aliphatic heterocycles. The van der Waals surface area contributed by atoms with E-state index >= 15 is 0 Å². The molecule has 1 aromatic carbocycles. The van der Waals surface area contributed by atoms with Gasteiger partial charge in [0.2, 0.25) is 0 Å². The van der Waals surface area contributed by atoms with Crippen LogP contribution in [0.4, 0.5) is 5.69 Å². The third-order valence-corrected chi connectivity index (χ3v) is 6.47. The molecule has 2 aliphatic rings. The molecule has 0 unspecified atom stereocenters. The minimum absolute atomic E-state index is 0.245. The van der Waals surface area contributed by atoms with Gasteiger partial charge in [-0.3, -0.25) is 10.2 Å². The number of benzene rings is 1. The van der Waals surface area contributed by atoms with Gasteiger partial charge < -0.3 is 10.4 Å². The van der Waals surface area contributed by atoms with E-state index in [1.54, 1.807) is 0 Å². The van der Waals surface area contributed by atoms with Crippen molar-refractivity contribution in [1.29, 1.82) is 0 Å². The zero-order valence-corrected chi connectivity index (χ0v) is 17.8. The average molecular weight is 414 g/mol. The highest BCUT2D eigenvalue weighted by Crippen LogP contribution is 2.54. The van der Waals surface area contributed by atoms with Crippen LogP contribution < -0.4 is 10.7 Å². The second-order valence-electron chi connectivity index (χ2n) is 8.20. The minimum Gasteiger partial charge on any atom is -0.481 e. The molecule has 2 saturated carbocycles. The molecule has 0 aromatic heterocycles. The number of hydrogen-bond acceptors (Lipinski definition) is 3. The molecule has 3 rings (SSSR count). The predicted molar refractivity (Wildman–Crippen MR) is 122 cm³/mol. The number of thiocarbonyl (C=S) groups is 1. The molecular formula is C23H31N3O2S. The highest BCUT2D eigenvalue weighted by atomic mass is 32.1. The van der Waals surface area contributed by atoms with Crippen molar-refractivity contribution in [3.63, 3.8) is 0 Å². The number of hydrogen-bond donors (Lipinski definition) is 3. The standard InChI is InChI=1S/C23H31N3O2S/c1-16(25-26-23(29)24-19-9-5-4-6-10-19)22-18-14-13-17(15-18)20(22)11-7-2-3-8-12-21(27)28/h2,4-7,9-10,17-18,20,22H,3,8,11-15H2,1H3,(H,27,28)(H2,24,26,29)/t17-,18+,20-,22+/m0/s1. The van der Waals surface area contributed by atoms with Crippen LogP contribution in [-0.2, 0) is 4.79 Å². The molecule has 2 aliphatic carbocycles. The quantitative estimate of drug-likeness (QED) is 0.170. The zero-order chi connectivity index (χ0) is 20.6. The number of unbranched alkanes of at least 4 members (excludes halogenated alkanes) is 1. The van der Waals surface area contributed by atoms with Crippen LogP contribution in [0.5, 0.6) is 0 Å². The van der Waals surface area contributed by atoms with E-state index < -0.39 is 5.97 Å². The van der Waals surface area contributed by atoms with E-state index in [-0.39, 0.29) is 6.42 Å². The molecule has 156 valence electrons. The summed E-state index contributed by atoms with van der Waals surface area (Å²) in [7, 11) is 0. The van der Waals surface area contributed by atoms with Crippen molar-refractivity contribution in [2.75, 3.05) is 5.32 Å². The van der Waals surface area contributed by atoms with E-state index in [4.69, 9.17) is 17.3 Å². The van der Waals surface area contributed by atoms with Crippen molar-refractivity contribution in [2.24, 2.45) is 28.8 Å². The van der Waals surface area contributed by atoms with Crippen molar-refractivity contribution in [3.8, 4) is 0 Å². The van der Waals surface area contributed by atoms with Gasteiger partial charge in [0.15, 0.2) is 5.11 Å². The second kappa shape index (κ2) is 10.5. The second-order valence-corrected chi connectivity index (χ2v) is 8.61. The molecule has 3 N–H and O–H groups in total. The van der Waals surface area contributed by atoms with Crippen LogP contribution in [-0.4, -0.2) is 21.9 Å². The number of fused-ring (bicyclic) bond motifs is 2. The summed E-state index contributed by atoms with van der Waals surface area (Å²) in [5, 5.41) is 17.0. The number of aliphatic carboxylic acids is 1. The van der Waals surface area contributed by atoms with Gasteiger partial charge in [-0.2, -0.15) is 5.10 Å². The molecule has 2 bridgehead atoms.